The molecular formula is C24H25ClFN3OS. The van der Waals surface area contributed by atoms with Gasteiger partial charge >= 0.3 is 0 Å². The number of carbonyl (C=O) groups excluding carboxylic acids is 1. The molecule has 162 valence electrons. The van der Waals surface area contributed by atoms with Crippen molar-refractivity contribution in [1.29, 1.82) is 0 Å². The van der Waals surface area contributed by atoms with Crippen LogP contribution >= 0.6 is 23.5 Å². The Labute approximate surface area is 191 Å². The molecule has 5 rings (SSSR count). The van der Waals surface area contributed by atoms with Crippen molar-refractivity contribution in [2.24, 2.45) is 5.14 Å². The van der Waals surface area contributed by atoms with Crippen LogP contribution in [0.2, 0.25) is 5.02 Å². The highest BCUT2D eigenvalue weighted by molar-refractivity contribution is 7.97. The molecule has 3 aromatic rings. The third-order valence-corrected chi connectivity index (χ3v) is 6.45. The van der Waals surface area contributed by atoms with E-state index < -0.39 is 0 Å². The Morgan fingerprint density at radius 1 is 1.03 bits per heavy atom. The van der Waals surface area contributed by atoms with Gasteiger partial charge in [0.25, 0.3) is 0 Å². The van der Waals surface area contributed by atoms with Crippen molar-refractivity contribution in [3.05, 3.63) is 70.5 Å². The number of carbonyl (C=O) groups is 1. The van der Waals surface area contributed by atoms with Crippen molar-refractivity contribution in [3.8, 4) is 0 Å². The number of nitrogens with zero attached hydrogens (tertiary/aromatic N) is 1. The zero-order valence-electron chi connectivity index (χ0n) is 17.2. The molecule has 0 radical (unpaired) electrons. The van der Waals surface area contributed by atoms with E-state index in [9.17, 15) is 9.18 Å². The van der Waals surface area contributed by atoms with Crippen LogP contribution in [0.15, 0.2) is 53.4 Å². The molecule has 0 spiro atoms. The zero-order valence-corrected chi connectivity index (χ0v) is 18.7. The summed E-state index contributed by atoms with van der Waals surface area (Å²) in [5.41, 5.74) is 2.29. The van der Waals surface area contributed by atoms with Gasteiger partial charge in [0.2, 0.25) is 5.91 Å². The van der Waals surface area contributed by atoms with Gasteiger partial charge in [0.1, 0.15) is 5.82 Å². The van der Waals surface area contributed by atoms with Gasteiger partial charge in [-0.3, -0.25) is 9.93 Å². The van der Waals surface area contributed by atoms with E-state index in [1.165, 1.54) is 17.3 Å². The minimum Gasteiger partial charge on any atom is -0.313 e. The van der Waals surface area contributed by atoms with E-state index >= 15 is 0 Å². The highest BCUT2D eigenvalue weighted by atomic mass is 35.5. The van der Waals surface area contributed by atoms with E-state index in [0.717, 1.165) is 58.8 Å². The maximum Gasteiger partial charge on any atom is 0.227 e. The fourth-order valence-electron chi connectivity index (χ4n) is 4.08. The third kappa shape index (κ3) is 5.04. The van der Waals surface area contributed by atoms with Gasteiger partial charge in [0.15, 0.2) is 0 Å². The fourth-order valence-corrected chi connectivity index (χ4v) is 4.60. The van der Waals surface area contributed by atoms with Gasteiger partial charge in [-0.1, -0.05) is 29.8 Å². The highest BCUT2D eigenvalue weighted by Gasteiger charge is 2.26. The van der Waals surface area contributed by atoms with Crippen LogP contribution in [-0.4, -0.2) is 19.0 Å². The van der Waals surface area contributed by atoms with Gasteiger partial charge < -0.3 is 10.2 Å². The van der Waals surface area contributed by atoms with Gasteiger partial charge in [-0.05, 0) is 90.0 Å². The number of amides is 1. The smallest absolute Gasteiger partial charge is 0.227 e. The quantitative estimate of drug-likeness (QED) is 0.502. The molecule has 4 nitrogen and oxygen atoms in total. The van der Waals surface area contributed by atoms with Gasteiger partial charge in [-0.15, -0.1) is 0 Å². The van der Waals surface area contributed by atoms with Gasteiger partial charge in [-0.2, -0.15) is 0 Å². The molecule has 31 heavy (non-hydrogen) atoms. The largest absolute Gasteiger partial charge is 0.313 e. The normalized spacial score (nSPS) is 16.0. The third-order valence-electron chi connectivity index (χ3n) is 5.69. The SMILES string of the molecule is NSc1ccc2cc(Cl)ccc2c1.O=C1CCCN1c1ccc2c(c1F)CCCNC2. The fraction of sp³-hybridized carbons (Fsp3) is 0.292. The molecule has 1 saturated heterocycles. The number of nitrogens with one attached hydrogen (secondary N) is 1. The first kappa shape index (κ1) is 22.1. The first-order valence-corrected chi connectivity index (χ1v) is 11.7. The standard InChI is InChI=1S/C14H17FN2O.C10H8ClNS/c15-14-11-3-1-7-16-9-10(11)5-6-12(14)17-8-2-4-13(17)18;11-9-3-1-8-6-10(13-12)4-2-7(8)5-9/h5-6,16H,1-4,7-9H2;1-6H,12H2. The van der Waals surface area contributed by atoms with E-state index in [4.69, 9.17) is 16.7 Å². The summed E-state index contributed by atoms with van der Waals surface area (Å²) in [4.78, 5) is 14.4. The van der Waals surface area contributed by atoms with Gasteiger partial charge in [-0.25, -0.2) is 4.39 Å². The number of hydrogen-bond acceptors (Lipinski definition) is 4. The van der Waals surface area contributed by atoms with Crippen molar-refractivity contribution < 1.29 is 9.18 Å². The molecule has 1 fully saturated rings. The lowest BCUT2D eigenvalue weighted by molar-refractivity contribution is -0.117. The Hall–Kier alpha value is -2.12. The lowest BCUT2D eigenvalue weighted by atomic mass is 10.0. The van der Waals surface area contributed by atoms with Crippen LogP contribution in [-0.2, 0) is 17.8 Å². The molecule has 3 N–H and O–H groups in total. The average Bonchev–Trinajstić information content (AvgIpc) is 3.05. The second kappa shape index (κ2) is 10.0. The number of halogens is 2. The Morgan fingerprint density at radius 3 is 2.61 bits per heavy atom. The molecule has 0 atom stereocenters. The minimum atomic E-state index is -0.188. The highest BCUT2D eigenvalue weighted by Crippen LogP contribution is 2.30. The monoisotopic (exact) mass is 457 g/mol. The minimum absolute atomic E-state index is 0.0422. The molecule has 0 aromatic heterocycles. The lowest BCUT2D eigenvalue weighted by Crippen LogP contribution is -2.25. The van der Waals surface area contributed by atoms with Crippen molar-refractivity contribution in [3.63, 3.8) is 0 Å². The van der Waals surface area contributed by atoms with Crippen molar-refractivity contribution in [1.82, 2.24) is 5.32 Å². The van der Waals surface area contributed by atoms with Crippen LogP contribution in [0.25, 0.3) is 10.8 Å². The van der Waals surface area contributed by atoms with Gasteiger partial charge in [0.05, 0.1) is 5.69 Å². The van der Waals surface area contributed by atoms with Crippen LogP contribution in [0.3, 0.4) is 0 Å². The number of nitrogens with two attached hydrogens (primary N) is 1. The van der Waals surface area contributed by atoms with Gasteiger partial charge in [0, 0.05) is 29.4 Å². The summed E-state index contributed by atoms with van der Waals surface area (Å²) in [5, 5.41) is 11.8. The topological polar surface area (TPSA) is 58.4 Å². The van der Waals surface area contributed by atoms with Crippen molar-refractivity contribution in [2.45, 2.75) is 37.1 Å². The Morgan fingerprint density at radius 2 is 1.84 bits per heavy atom. The predicted molar refractivity (Wildman–Crippen MR) is 127 cm³/mol. The number of hydrogen-bond donors (Lipinski definition) is 2. The Kier molecular flexibility index (Phi) is 7.13. The van der Waals surface area contributed by atoms with E-state index in [0.29, 0.717) is 18.7 Å². The van der Waals surface area contributed by atoms with Crippen molar-refractivity contribution in [2.75, 3.05) is 18.0 Å². The molecule has 0 saturated carbocycles. The van der Waals surface area contributed by atoms with Crippen LogP contribution in [0.5, 0.6) is 0 Å². The number of anilines is 1. The summed E-state index contributed by atoms with van der Waals surface area (Å²) in [6.07, 6.45) is 3.07. The van der Waals surface area contributed by atoms with E-state index in [-0.39, 0.29) is 11.7 Å². The molecule has 1 amide bonds. The molecule has 0 bridgehead atoms. The maximum atomic E-state index is 14.5. The number of benzene rings is 3. The molecule has 2 heterocycles. The Bertz CT molecular complexity index is 1110. The first-order valence-electron chi connectivity index (χ1n) is 10.4. The molecule has 2 aliphatic heterocycles. The summed E-state index contributed by atoms with van der Waals surface area (Å²) in [6.45, 7) is 2.29. The van der Waals surface area contributed by atoms with E-state index in [2.05, 4.69) is 11.4 Å². The van der Waals surface area contributed by atoms with E-state index in [1.807, 2.05) is 36.4 Å². The lowest BCUT2D eigenvalue weighted by Gasteiger charge is -2.19. The Balaban J connectivity index is 0.000000158. The number of rotatable bonds is 2. The molecular weight excluding hydrogens is 433 g/mol. The molecule has 3 aromatic carbocycles. The van der Waals surface area contributed by atoms with E-state index in [1.54, 1.807) is 11.0 Å². The van der Waals surface area contributed by atoms with Crippen LogP contribution in [0.1, 0.15) is 30.4 Å². The summed E-state index contributed by atoms with van der Waals surface area (Å²) in [6, 6.07) is 15.6. The van der Waals surface area contributed by atoms with Crippen molar-refractivity contribution >= 4 is 45.9 Å². The van der Waals surface area contributed by atoms with Crippen LogP contribution < -0.4 is 15.4 Å². The zero-order chi connectivity index (χ0) is 21.8. The van der Waals surface area contributed by atoms with Crippen LogP contribution in [0.4, 0.5) is 10.1 Å². The second-order valence-corrected chi connectivity index (χ2v) is 8.88. The average molecular weight is 458 g/mol. The predicted octanol–water partition coefficient (Wildman–Crippen LogP) is 5.45. The summed E-state index contributed by atoms with van der Waals surface area (Å²) < 4.78 is 14.5. The maximum absolute atomic E-state index is 14.5. The van der Waals surface area contributed by atoms with Crippen LogP contribution in [0, 0.1) is 5.82 Å². The summed E-state index contributed by atoms with van der Waals surface area (Å²) in [7, 11) is 0. The first-order chi connectivity index (χ1) is 15.1. The second-order valence-electron chi connectivity index (χ2n) is 7.74. The molecule has 7 heteroatoms. The summed E-state index contributed by atoms with van der Waals surface area (Å²) in [5.74, 6) is -0.146. The molecule has 0 aliphatic carbocycles. The molecule has 0 unspecified atom stereocenters. The molecule has 2 aliphatic rings. The number of fused-ring (bicyclic) bond motifs is 2. The summed E-state index contributed by atoms with van der Waals surface area (Å²) >= 11 is 7.12.